The minimum Gasteiger partial charge on any atom is -0.503 e. The van der Waals surface area contributed by atoms with Crippen molar-refractivity contribution in [2.24, 2.45) is 0 Å². The van der Waals surface area contributed by atoms with Gasteiger partial charge in [0.05, 0.1) is 33.3 Å². The van der Waals surface area contributed by atoms with E-state index in [2.05, 4.69) is 20.8 Å². The van der Waals surface area contributed by atoms with Gasteiger partial charge in [0.15, 0.2) is 10.9 Å². The second-order valence-electron chi connectivity index (χ2n) is 9.58. The SMILES string of the molecule is CCOc1ccc2nc(N3C(=O)C(O)=C(C(=O)c4cccs4)[C@H]3c3ccc(C(C)(C)C)cc3)sc2c1. The number of nitrogens with zero attached hydrogens (tertiary/aromatic N) is 2. The molecule has 0 aliphatic carbocycles. The fraction of sp³-hybridized carbons (Fsp3) is 0.250. The van der Waals surface area contributed by atoms with Crippen molar-refractivity contribution in [2.45, 2.75) is 39.2 Å². The van der Waals surface area contributed by atoms with Crippen LogP contribution in [0.2, 0.25) is 0 Å². The summed E-state index contributed by atoms with van der Waals surface area (Å²) in [4.78, 5) is 33.6. The summed E-state index contributed by atoms with van der Waals surface area (Å²) >= 11 is 2.60. The van der Waals surface area contributed by atoms with Crippen LogP contribution in [0.25, 0.3) is 10.2 Å². The summed E-state index contributed by atoms with van der Waals surface area (Å²) in [6.45, 7) is 8.84. The van der Waals surface area contributed by atoms with Gasteiger partial charge in [-0.2, -0.15) is 0 Å². The van der Waals surface area contributed by atoms with Gasteiger partial charge in [-0.1, -0.05) is 62.4 Å². The monoisotopic (exact) mass is 518 g/mol. The molecule has 0 saturated carbocycles. The predicted molar refractivity (Wildman–Crippen MR) is 144 cm³/mol. The van der Waals surface area contributed by atoms with Crippen LogP contribution in [0.15, 0.2) is 71.3 Å². The van der Waals surface area contributed by atoms with Crippen molar-refractivity contribution in [3.8, 4) is 5.75 Å². The Kier molecular flexibility index (Phi) is 6.18. The molecule has 1 atom stereocenters. The van der Waals surface area contributed by atoms with E-state index in [9.17, 15) is 14.7 Å². The molecule has 4 aromatic rings. The van der Waals surface area contributed by atoms with Gasteiger partial charge in [0.1, 0.15) is 5.75 Å². The lowest BCUT2D eigenvalue weighted by Crippen LogP contribution is -2.31. The number of thiazole rings is 1. The molecule has 1 aliphatic heterocycles. The maximum atomic E-state index is 13.5. The van der Waals surface area contributed by atoms with E-state index in [1.54, 1.807) is 17.5 Å². The molecule has 1 amide bonds. The highest BCUT2D eigenvalue weighted by atomic mass is 32.1. The van der Waals surface area contributed by atoms with Gasteiger partial charge in [0, 0.05) is 0 Å². The van der Waals surface area contributed by atoms with E-state index in [0.29, 0.717) is 22.1 Å². The number of benzene rings is 2. The summed E-state index contributed by atoms with van der Waals surface area (Å²) in [6.07, 6.45) is 0. The van der Waals surface area contributed by atoms with E-state index in [-0.39, 0.29) is 16.8 Å². The predicted octanol–water partition coefficient (Wildman–Crippen LogP) is 6.84. The third-order valence-corrected chi connectivity index (χ3v) is 8.04. The van der Waals surface area contributed by atoms with Crippen LogP contribution < -0.4 is 9.64 Å². The molecule has 3 heterocycles. The van der Waals surface area contributed by atoms with Gasteiger partial charge in [0.25, 0.3) is 5.91 Å². The zero-order valence-corrected chi connectivity index (χ0v) is 22.1. The van der Waals surface area contributed by atoms with Gasteiger partial charge in [-0.05, 0) is 53.1 Å². The van der Waals surface area contributed by atoms with Gasteiger partial charge >= 0.3 is 0 Å². The Balaban J connectivity index is 1.64. The lowest BCUT2D eigenvalue weighted by molar-refractivity contribution is -0.117. The second kappa shape index (κ2) is 9.19. The van der Waals surface area contributed by atoms with E-state index < -0.39 is 17.7 Å². The molecule has 36 heavy (non-hydrogen) atoms. The molecule has 1 N–H and O–H groups in total. The van der Waals surface area contributed by atoms with Crippen LogP contribution >= 0.6 is 22.7 Å². The third kappa shape index (κ3) is 4.20. The largest absolute Gasteiger partial charge is 0.503 e. The second-order valence-corrected chi connectivity index (χ2v) is 11.5. The molecule has 0 fully saturated rings. The number of ketones is 1. The van der Waals surface area contributed by atoms with Crippen LogP contribution in [-0.4, -0.2) is 28.4 Å². The van der Waals surface area contributed by atoms with Crippen molar-refractivity contribution in [1.82, 2.24) is 4.98 Å². The van der Waals surface area contributed by atoms with Crippen molar-refractivity contribution in [3.05, 3.63) is 87.3 Å². The molecule has 184 valence electrons. The number of aromatic nitrogens is 1. The zero-order chi connectivity index (χ0) is 25.6. The molecule has 2 aromatic heterocycles. The number of rotatable bonds is 6. The van der Waals surface area contributed by atoms with Crippen LogP contribution in [0.3, 0.4) is 0 Å². The van der Waals surface area contributed by atoms with Gasteiger partial charge < -0.3 is 9.84 Å². The number of carbonyl (C=O) groups is 2. The van der Waals surface area contributed by atoms with Crippen LogP contribution in [0.5, 0.6) is 5.75 Å². The highest BCUT2D eigenvalue weighted by Crippen LogP contribution is 2.45. The van der Waals surface area contributed by atoms with Crippen molar-refractivity contribution in [1.29, 1.82) is 0 Å². The topological polar surface area (TPSA) is 79.7 Å². The number of fused-ring (bicyclic) bond motifs is 1. The number of hydrogen-bond acceptors (Lipinski definition) is 7. The standard InChI is InChI=1S/C28H26N2O4S2/c1-5-34-18-12-13-19-21(15-18)36-27(29-19)30-23(16-8-10-17(11-9-16)28(2,3)4)22(25(32)26(30)33)24(31)20-7-6-14-35-20/h6-15,23,32H,5H2,1-4H3/t23-/m1/s1. The molecule has 6 nitrogen and oxygen atoms in total. The highest BCUT2D eigenvalue weighted by molar-refractivity contribution is 7.22. The Morgan fingerprint density at radius 2 is 1.89 bits per heavy atom. The summed E-state index contributed by atoms with van der Waals surface area (Å²) < 4.78 is 6.46. The van der Waals surface area contributed by atoms with Crippen LogP contribution in [0.4, 0.5) is 5.13 Å². The van der Waals surface area contributed by atoms with Gasteiger partial charge in [-0.15, -0.1) is 11.3 Å². The maximum absolute atomic E-state index is 13.5. The summed E-state index contributed by atoms with van der Waals surface area (Å²) in [5, 5.41) is 13.2. The van der Waals surface area contributed by atoms with E-state index in [4.69, 9.17) is 9.72 Å². The van der Waals surface area contributed by atoms with Crippen LogP contribution in [0, 0.1) is 0 Å². The number of Topliss-reactive ketones (excluding diaryl/α,β-unsaturated/α-hetero) is 1. The molecule has 0 bridgehead atoms. The number of anilines is 1. The summed E-state index contributed by atoms with van der Waals surface area (Å²) in [5.41, 5.74) is 2.59. The molecule has 0 spiro atoms. The van der Waals surface area contributed by atoms with Gasteiger partial charge in [0.2, 0.25) is 5.78 Å². The lowest BCUT2D eigenvalue weighted by Gasteiger charge is -2.25. The molecule has 1 aliphatic rings. The normalized spacial score (nSPS) is 16.3. The first-order valence-corrected chi connectivity index (χ1v) is 13.4. The van der Waals surface area contributed by atoms with E-state index >= 15 is 0 Å². The fourth-order valence-corrected chi connectivity index (χ4v) is 6.01. The summed E-state index contributed by atoms with van der Waals surface area (Å²) in [5.74, 6) is -0.809. The molecule has 0 unspecified atom stereocenters. The summed E-state index contributed by atoms with van der Waals surface area (Å²) in [7, 11) is 0. The fourth-order valence-electron chi connectivity index (χ4n) is 4.31. The minimum absolute atomic E-state index is 0.0530. The van der Waals surface area contributed by atoms with Gasteiger partial charge in [-0.25, -0.2) is 4.98 Å². The van der Waals surface area contributed by atoms with Crippen LogP contribution in [0.1, 0.15) is 54.5 Å². The van der Waals surface area contributed by atoms with E-state index in [1.807, 2.05) is 49.4 Å². The number of hydrogen-bond donors (Lipinski definition) is 1. The van der Waals surface area contributed by atoms with Gasteiger partial charge in [-0.3, -0.25) is 14.5 Å². The van der Waals surface area contributed by atoms with Crippen molar-refractivity contribution in [3.63, 3.8) is 0 Å². The molecular weight excluding hydrogens is 492 g/mol. The third-order valence-electron chi connectivity index (χ3n) is 6.16. The Morgan fingerprint density at radius 1 is 1.14 bits per heavy atom. The van der Waals surface area contributed by atoms with Crippen molar-refractivity contribution < 1.29 is 19.4 Å². The Bertz CT molecular complexity index is 1480. The Morgan fingerprint density at radius 3 is 2.53 bits per heavy atom. The Labute approximate surface area is 217 Å². The quantitative estimate of drug-likeness (QED) is 0.283. The molecule has 5 rings (SSSR count). The van der Waals surface area contributed by atoms with Crippen molar-refractivity contribution >= 4 is 49.7 Å². The average molecular weight is 519 g/mol. The first-order valence-electron chi connectivity index (χ1n) is 11.7. The lowest BCUT2D eigenvalue weighted by atomic mass is 9.85. The first kappa shape index (κ1) is 24.2. The molecule has 0 radical (unpaired) electrons. The first-order chi connectivity index (χ1) is 17.2. The number of ether oxygens (including phenoxy) is 1. The maximum Gasteiger partial charge on any atom is 0.296 e. The average Bonchev–Trinajstić information content (AvgIpc) is 3.57. The number of aliphatic hydroxyl groups is 1. The van der Waals surface area contributed by atoms with Crippen molar-refractivity contribution in [2.75, 3.05) is 11.5 Å². The van der Waals surface area contributed by atoms with Crippen LogP contribution in [-0.2, 0) is 10.2 Å². The minimum atomic E-state index is -0.798. The molecule has 2 aromatic carbocycles. The number of thiophene rings is 1. The van der Waals surface area contributed by atoms with E-state index in [0.717, 1.165) is 21.6 Å². The zero-order valence-electron chi connectivity index (χ0n) is 20.4. The number of carbonyl (C=O) groups excluding carboxylic acids is 2. The summed E-state index contributed by atoms with van der Waals surface area (Å²) in [6, 6.07) is 16.1. The Hall–Kier alpha value is -3.49. The molecular formula is C28H26N2O4S2. The number of amides is 1. The number of aliphatic hydroxyl groups excluding tert-OH is 1. The smallest absolute Gasteiger partial charge is 0.296 e. The highest BCUT2D eigenvalue weighted by Gasteiger charge is 2.46. The molecule has 8 heteroatoms. The molecule has 0 saturated heterocycles. The van der Waals surface area contributed by atoms with E-state index in [1.165, 1.54) is 27.6 Å².